The zero-order chi connectivity index (χ0) is 17.4. The number of halogens is 3. The van der Waals surface area contributed by atoms with Gasteiger partial charge in [-0.05, 0) is 40.2 Å². The van der Waals surface area contributed by atoms with Crippen LogP contribution < -0.4 is 10.9 Å². The van der Waals surface area contributed by atoms with Gasteiger partial charge < -0.3 is 4.57 Å². The zero-order valence-corrected chi connectivity index (χ0v) is 15.4. The fourth-order valence-electron chi connectivity index (χ4n) is 2.17. The Morgan fingerprint density at radius 2 is 1.96 bits per heavy atom. The van der Waals surface area contributed by atoms with Crippen LogP contribution in [0.15, 0.2) is 34.9 Å². The number of carbonyl (C=O) groups is 2. The Labute approximate surface area is 153 Å². The molecule has 0 fully saturated rings. The van der Waals surface area contributed by atoms with Crippen molar-refractivity contribution in [2.45, 2.75) is 0 Å². The van der Waals surface area contributed by atoms with Gasteiger partial charge in [0.15, 0.2) is 0 Å². The van der Waals surface area contributed by atoms with E-state index in [0.29, 0.717) is 15.8 Å². The van der Waals surface area contributed by atoms with Gasteiger partial charge in [-0.1, -0.05) is 11.6 Å². The molecule has 124 valence electrons. The average molecular weight is 431 g/mol. The molecule has 9 heteroatoms. The SMILES string of the molecule is Cn1cc(Br)cc1C(=O)NNC(=O)c1sc2cc(F)ccc2c1Cl. The topological polar surface area (TPSA) is 63.1 Å². The van der Waals surface area contributed by atoms with Gasteiger partial charge in [0.2, 0.25) is 0 Å². The molecule has 2 N–H and O–H groups in total. The number of carbonyl (C=O) groups excluding carboxylic acids is 2. The predicted molar refractivity (Wildman–Crippen MR) is 94.8 cm³/mol. The predicted octanol–water partition coefficient (Wildman–Crippen LogP) is 3.87. The molecule has 0 aliphatic heterocycles. The van der Waals surface area contributed by atoms with Gasteiger partial charge in [0.1, 0.15) is 16.4 Å². The first kappa shape index (κ1) is 16.9. The number of amides is 2. The molecule has 0 unspecified atom stereocenters. The van der Waals surface area contributed by atoms with Crippen LogP contribution in [0.3, 0.4) is 0 Å². The molecule has 2 heterocycles. The molecule has 0 spiro atoms. The van der Waals surface area contributed by atoms with E-state index in [4.69, 9.17) is 11.6 Å². The largest absolute Gasteiger partial charge is 0.345 e. The summed E-state index contributed by atoms with van der Waals surface area (Å²) in [5, 5.41) is 0.814. The maximum Gasteiger partial charge on any atom is 0.286 e. The molecule has 3 rings (SSSR count). The Bertz CT molecular complexity index is 969. The van der Waals surface area contributed by atoms with Crippen molar-refractivity contribution in [1.82, 2.24) is 15.4 Å². The number of rotatable bonds is 2. The molecule has 0 atom stereocenters. The standard InChI is InChI=1S/C15H10BrClFN3O2S/c1-21-6-7(16)4-10(21)14(22)19-20-15(23)13-12(17)9-3-2-8(18)5-11(9)24-13/h2-6H,1H3,(H,19,22)(H,20,23). The first-order valence-electron chi connectivity index (χ1n) is 6.67. The Morgan fingerprint density at radius 1 is 1.25 bits per heavy atom. The van der Waals surface area contributed by atoms with E-state index >= 15 is 0 Å². The molecule has 3 aromatic rings. The van der Waals surface area contributed by atoms with Crippen molar-refractivity contribution < 1.29 is 14.0 Å². The molecule has 0 radical (unpaired) electrons. The minimum absolute atomic E-state index is 0.200. The molecule has 0 aliphatic rings. The summed E-state index contributed by atoms with van der Waals surface area (Å²) in [6.07, 6.45) is 1.72. The zero-order valence-electron chi connectivity index (χ0n) is 12.2. The Balaban J connectivity index is 1.77. The van der Waals surface area contributed by atoms with Crippen LogP contribution >= 0.6 is 38.9 Å². The summed E-state index contributed by atoms with van der Waals surface area (Å²) in [6.45, 7) is 0. The molecule has 24 heavy (non-hydrogen) atoms. The highest BCUT2D eigenvalue weighted by molar-refractivity contribution is 9.10. The van der Waals surface area contributed by atoms with Crippen molar-refractivity contribution in [2.24, 2.45) is 7.05 Å². The quantitative estimate of drug-likeness (QED) is 0.606. The number of nitrogens with zero attached hydrogens (tertiary/aromatic N) is 1. The molecule has 0 saturated heterocycles. The summed E-state index contributed by atoms with van der Waals surface area (Å²) in [5.41, 5.74) is 5.01. The molecule has 0 bridgehead atoms. The third-order valence-corrected chi connectivity index (χ3v) is 5.38. The monoisotopic (exact) mass is 429 g/mol. The van der Waals surface area contributed by atoms with Crippen molar-refractivity contribution in [3.8, 4) is 0 Å². The highest BCUT2D eigenvalue weighted by Crippen LogP contribution is 2.35. The van der Waals surface area contributed by atoms with Crippen LogP contribution in [0.4, 0.5) is 4.39 Å². The summed E-state index contributed by atoms with van der Waals surface area (Å²) in [6, 6.07) is 5.72. The highest BCUT2D eigenvalue weighted by Gasteiger charge is 2.19. The number of thiophene rings is 1. The minimum atomic E-state index is -0.566. The van der Waals surface area contributed by atoms with Crippen LogP contribution in [0.25, 0.3) is 10.1 Å². The summed E-state index contributed by atoms with van der Waals surface area (Å²) in [7, 11) is 1.71. The molecule has 0 aliphatic carbocycles. The van der Waals surface area contributed by atoms with E-state index in [-0.39, 0.29) is 9.90 Å². The van der Waals surface area contributed by atoms with E-state index in [1.807, 2.05) is 0 Å². The van der Waals surface area contributed by atoms with Crippen LogP contribution in [-0.4, -0.2) is 16.4 Å². The molecule has 0 saturated carbocycles. The van der Waals surface area contributed by atoms with E-state index in [1.165, 1.54) is 18.2 Å². The number of hydrogen-bond acceptors (Lipinski definition) is 3. The van der Waals surface area contributed by atoms with Crippen LogP contribution in [0.1, 0.15) is 20.2 Å². The highest BCUT2D eigenvalue weighted by atomic mass is 79.9. The van der Waals surface area contributed by atoms with Gasteiger partial charge in [-0.15, -0.1) is 11.3 Å². The second kappa shape index (κ2) is 6.54. The van der Waals surface area contributed by atoms with Crippen LogP contribution in [0.5, 0.6) is 0 Å². The molecular weight excluding hydrogens is 421 g/mol. The Morgan fingerprint density at radius 3 is 2.62 bits per heavy atom. The van der Waals surface area contributed by atoms with E-state index in [2.05, 4.69) is 26.8 Å². The third-order valence-electron chi connectivity index (χ3n) is 3.29. The first-order chi connectivity index (χ1) is 11.4. The molecule has 1 aromatic carbocycles. The lowest BCUT2D eigenvalue weighted by atomic mass is 10.2. The van der Waals surface area contributed by atoms with Crippen LogP contribution in [-0.2, 0) is 7.05 Å². The summed E-state index contributed by atoms with van der Waals surface area (Å²) in [4.78, 5) is 24.5. The van der Waals surface area contributed by atoms with E-state index in [1.54, 1.807) is 23.9 Å². The number of nitrogens with one attached hydrogen (secondary N) is 2. The van der Waals surface area contributed by atoms with Crippen molar-refractivity contribution in [1.29, 1.82) is 0 Å². The Hall–Kier alpha value is -1.90. The van der Waals surface area contributed by atoms with Gasteiger partial charge in [-0.2, -0.15) is 0 Å². The van der Waals surface area contributed by atoms with Crippen molar-refractivity contribution in [2.75, 3.05) is 0 Å². The molecule has 2 aromatic heterocycles. The van der Waals surface area contributed by atoms with Crippen LogP contribution in [0.2, 0.25) is 5.02 Å². The minimum Gasteiger partial charge on any atom is -0.345 e. The summed E-state index contributed by atoms with van der Waals surface area (Å²) < 4.78 is 16.2. The van der Waals surface area contributed by atoms with Gasteiger partial charge in [0, 0.05) is 27.8 Å². The third kappa shape index (κ3) is 3.17. The first-order valence-corrected chi connectivity index (χ1v) is 8.65. The van der Waals surface area contributed by atoms with Crippen molar-refractivity contribution in [3.05, 3.63) is 56.3 Å². The van der Waals surface area contributed by atoms with E-state index in [9.17, 15) is 14.0 Å². The lowest BCUT2D eigenvalue weighted by Gasteiger charge is -2.07. The molecule has 5 nitrogen and oxygen atoms in total. The van der Waals surface area contributed by atoms with E-state index in [0.717, 1.165) is 15.8 Å². The van der Waals surface area contributed by atoms with Crippen molar-refractivity contribution in [3.63, 3.8) is 0 Å². The summed E-state index contributed by atoms with van der Waals surface area (Å²) >= 11 is 10.5. The van der Waals surface area contributed by atoms with E-state index < -0.39 is 17.6 Å². The lowest BCUT2D eigenvalue weighted by molar-refractivity contribution is 0.0844. The van der Waals surface area contributed by atoms with Gasteiger partial charge >= 0.3 is 0 Å². The number of aromatic nitrogens is 1. The number of fused-ring (bicyclic) bond motifs is 1. The van der Waals surface area contributed by atoms with Gasteiger partial charge in [0.25, 0.3) is 11.8 Å². The molecular formula is C15H10BrClFN3O2S. The smallest absolute Gasteiger partial charge is 0.286 e. The number of hydrogen-bond donors (Lipinski definition) is 2. The fraction of sp³-hybridized carbons (Fsp3) is 0.0667. The van der Waals surface area contributed by atoms with Gasteiger partial charge in [0.05, 0.1) is 5.02 Å². The lowest BCUT2D eigenvalue weighted by Crippen LogP contribution is -2.42. The summed E-state index contributed by atoms with van der Waals surface area (Å²) in [5.74, 6) is -1.45. The molecule has 2 amide bonds. The van der Waals surface area contributed by atoms with Crippen molar-refractivity contribution >= 4 is 60.8 Å². The fourth-order valence-corrected chi connectivity index (χ4v) is 4.13. The second-order valence-electron chi connectivity index (χ2n) is 4.95. The second-order valence-corrected chi connectivity index (χ2v) is 7.29. The average Bonchev–Trinajstić information content (AvgIpc) is 3.04. The maximum atomic E-state index is 13.3. The van der Waals surface area contributed by atoms with Gasteiger partial charge in [-0.25, -0.2) is 4.39 Å². The maximum absolute atomic E-state index is 13.3. The number of aryl methyl sites for hydroxylation is 1. The number of benzene rings is 1. The Kier molecular flexibility index (Phi) is 4.62. The normalized spacial score (nSPS) is 10.8. The number of hydrazine groups is 1. The van der Waals surface area contributed by atoms with Gasteiger partial charge in [-0.3, -0.25) is 20.4 Å². The van der Waals surface area contributed by atoms with Crippen LogP contribution in [0, 0.1) is 5.82 Å².